The van der Waals surface area contributed by atoms with Gasteiger partial charge in [-0.3, -0.25) is 9.59 Å². The third-order valence-corrected chi connectivity index (χ3v) is 5.54. The summed E-state index contributed by atoms with van der Waals surface area (Å²) in [5.74, 6) is 0.113. The van der Waals surface area contributed by atoms with Crippen LogP contribution in [0.15, 0.2) is 47.7 Å². The van der Waals surface area contributed by atoms with Crippen LogP contribution in [-0.2, 0) is 13.0 Å². The number of pyridine rings is 2. The number of nitrogens with zero attached hydrogens (tertiary/aromatic N) is 3. The van der Waals surface area contributed by atoms with Gasteiger partial charge < -0.3 is 19.6 Å². The van der Waals surface area contributed by atoms with Gasteiger partial charge in [-0.15, -0.1) is 0 Å². The van der Waals surface area contributed by atoms with Crippen molar-refractivity contribution in [3.63, 3.8) is 0 Å². The van der Waals surface area contributed by atoms with Gasteiger partial charge in [-0.05, 0) is 62.5 Å². The van der Waals surface area contributed by atoms with Gasteiger partial charge in [0.25, 0.3) is 11.5 Å². The summed E-state index contributed by atoms with van der Waals surface area (Å²) in [6.45, 7) is 4.85. The van der Waals surface area contributed by atoms with E-state index in [-0.39, 0.29) is 17.0 Å². The van der Waals surface area contributed by atoms with Crippen molar-refractivity contribution in [2.24, 2.45) is 5.92 Å². The minimum absolute atomic E-state index is 0.208. The first-order valence-electron chi connectivity index (χ1n) is 10.2. The zero-order chi connectivity index (χ0) is 20.2. The van der Waals surface area contributed by atoms with E-state index in [9.17, 15) is 9.59 Å². The zero-order valence-electron chi connectivity index (χ0n) is 16.7. The van der Waals surface area contributed by atoms with Crippen molar-refractivity contribution in [1.29, 1.82) is 0 Å². The molecule has 152 valence electrons. The van der Waals surface area contributed by atoms with Crippen LogP contribution in [0, 0.1) is 12.8 Å². The molecule has 0 bridgehead atoms. The normalized spacial score (nSPS) is 16.8. The molecule has 7 heteroatoms. The van der Waals surface area contributed by atoms with Crippen LogP contribution in [0.1, 0.15) is 34.5 Å². The molecule has 4 rings (SSSR count). The fourth-order valence-electron chi connectivity index (χ4n) is 3.94. The number of carbonyl (C=O) groups excluding carboxylic acids is 1. The third kappa shape index (κ3) is 4.40. The quantitative estimate of drug-likeness (QED) is 0.669. The van der Waals surface area contributed by atoms with Crippen LogP contribution in [0.3, 0.4) is 0 Å². The lowest BCUT2D eigenvalue weighted by Gasteiger charge is -2.23. The van der Waals surface area contributed by atoms with Crippen LogP contribution in [-0.4, -0.2) is 39.5 Å². The molecule has 0 radical (unpaired) electrons. The molecule has 1 saturated heterocycles. The minimum Gasteiger partial charge on any atom is -0.351 e. The van der Waals surface area contributed by atoms with E-state index in [1.807, 2.05) is 48.0 Å². The SMILES string of the molecule is Cc1ccn(CC2CCCNC2)c(=O)c1C(=O)NCCc1cn2ccccc2n1. The predicted octanol–water partition coefficient (Wildman–Crippen LogP) is 1.78. The van der Waals surface area contributed by atoms with Crippen LogP contribution < -0.4 is 16.2 Å². The van der Waals surface area contributed by atoms with Gasteiger partial charge in [-0.1, -0.05) is 6.07 Å². The number of rotatable bonds is 6. The van der Waals surface area contributed by atoms with Crippen molar-refractivity contribution in [1.82, 2.24) is 24.6 Å². The predicted molar refractivity (Wildman–Crippen MR) is 112 cm³/mol. The van der Waals surface area contributed by atoms with Crippen molar-refractivity contribution in [3.8, 4) is 0 Å². The van der Waals surface area contributed by atoms with E-state index in [4.69, 9.17) is 0 Å². The van der Waals surface area contributed by atoms with Crippen LogP contribution >= 0.6 is 0 Å². The van der Waals surface area contributed by atoms with E-state index in [1.165, 1.54) is 0 Å². The molecule has 4 heterocycles. The van der Waals surface area contributed by atoms with Gasteiger partial charge in [-0.2, -0.15) is 0 Å². The van der Waals surface area contributed by atoms with Gasteiger partial charge in [0.05, 0.1) is 5.69 Å². The highest BCUT2D eigenvalue weighted by Gasteiger charge is 2.19. The molecule has 0 aromatic carbocycles. The number of imidazole rings is 1. The first-order chi connectivity index (χ1) is 14.1. The Labute approximate surface area is 169 Å². The van der Waals surface area contributed by atoms with E-state index in [2.05, 4.69) is 15.6 Å². The molecule has 1 fully saturated rings. The summed E-state index contributed by atoms with van der Waals surface area (Å²) < 4.78 is 3.64. The van der Waals surface area contributed by atoms with Crippen molar-refractivity contribution < 1.29 is 4.79 Å². The van der Waals surface area contributed by atoms with Crippen LogP contribution in [0.2, 0.25) is 0 Å². The summed E-state index contributed by atoms with van der Waals surface area (Å²) >= 11 is 0. The highest BCUT2D eigenvalue weighted by molar-refractivity contribution is 5.95. The summed E-state index contributed by atoms with van der Waals surface area (Å²) in [6, 6.07) is 7.70. The van der Waals surface area contributed by atoms with E-state index in [0.29, 0.717) is 31.0 Å². The van der Waals surface area contributed by atoms with Crippen LogP contribution in [0.5, 0.6) is 0 Å². The second-order valence-electron chi connectivity index (χ2n) is 7.75. The second-order valence-corrected chi connectivity index (χ2v) is 7.75. The lowest BCUT2D eigenvalue weighted by molar-refractivity contribution is 0.0951. The molecule has 1 aliphatic heterocycles. The topological polar surface area (TPSA) is 80.4 Å². The summed E-state index contributed by atoms with van der Waals surface area (Å²) in [6.07, 6.45) is 8.55. The Kier molecular flexibility index (Phi) is 5.76. The van der Waals surface area contributed by atoms with E-state index >= 15 is 0 Å². The molecular formula is C22H27N5O2. The Morgan fingerprint density at radius 1 is 1.31 bits per heavy atom. The number of aryl methyl sites for hydroxylation is 1. The van der Waals surface area contributed by atoms with Crippen LogP contribution in [0.4, 0.5) is 0 Å². The second kappa shape index (κ2) is 8.61. The number of hydrogen-bond donors (Lipinski definition) is 2. The standard InChI is InChI=1S/C22H27N5O2/c1-16-8-12-27(14-17-5-4-9-23-13-17)22(29)20(16)21(28)24-10-7-18-15-26-11-3-2-6-19(26)25-18/h2-3,6,8,11-12,15,17,23H,4-5,7,9-10,13-14H2,1H3,(H,24,28). The summed E-state index contributed by atoms with van der Waals surface area (Å²) in [7, 11) is 0. The average Bonchev–Trinajstić information content (AvgIpc) is 3.14. The number of aromatic nitrogens is 3. The maximum atomic E-state index is 12.9. The molecule has 3 aromatic rings. The Morgan fingerprint density at radius 2 is 2.21 bits per heavy atom. The van der Waals surface area contributed by atoms with Gasteiger partial charge in [0, 0.05) is 38.1 Å². The number of amides is 1. The molecule has 1 atom stereocenters. The van der Waals surface area contributed by atoms with Crippen LogP contribution in [0.25, 0.3) is 5.65 Å². The van der Waals surface area contributed by atoms with Crippen molar-refractivity contribution in [2.45, 2.75) is 32.7 Å². The maximum Gasteiger partial charge on any atom is 0.263 e. The molecule has 7 nitrogen and oxygen atoms in total. The van der Waals surface area contributed by atoms with E-state index < -0.39 is 0 Å². The molecule has 1 aliphatic rings. The molecule has 0 saturated carbocycles. The smallest absolute Gasteiger partial charge is 0.263 e. The Balaban J connectivity index is 1.41. The van der Waals surface area contributed by atoms with Gasteiger partial charge in [0.2, 0.25) is 0 Å². The number of hydrogen-bond acceptors (Lipinski definition) is 4. The number of fused-ring (bicyclic) bond motifs is 1. The number of piperidine rings is 1. The van der Waals surface area contributed by atoms with Gasteiger partial charge in [-0.25, -0.2) is 4.98 Å². The average molecular weight is 393 g/mol. The Bertz CT molecular complexity index is 1030. The molecule has 1 unspecified atom stereocenters. The molecular weight excluding hydrogens is 366 g/mol. The fourth-order valence-corrected chi connectivity index (χ4v) is 3.94. The molecule has 2 N–H and O–H groups in total. The Morgan fingerprint density at radius 3 is 3.00 bits per heavy atom. The highest BCUT2D eigenvalue weighted by Crippen LogP contribution is 2.12. The number of carbonyl (C=O) groups is 1. The van der Waals surface area contributed by atoms with E-state index in [0.717, 1.165) is 37.3 Å². The summed E-state index contributed by atoms with van der Waals surface area (Å²) in [4.78, 5) is 30.2. The molecule has 29 heavy (non-hydrogen) atoms. The maximum absolute atomic E-state index is 12.9. The highest BCUT2D eigenvalue weighted by atomic mass is 16.2. The first-order valence-corrected chi connectivity index (χ1v) is 10.2. The minimum atomic E-state index is -0.313. The lowest BCUT2D eigenvalue weighted by atomic mass is 9.99. The monoisotopic (exact) mass is 393 g/mol. The van der Waals surface area contributed by atoms with Gasteiger partial charge in [0.15, 0.2) is 0 Å². The summed E-state index contributed by atoms with van der Waals surface area (Å²) in [5.41, 5.74) is 2.53. The van der Waals surface area contributed by atoms with Crippen molar-refractivity contribution in [3.05, 3.63) is 70.0 Å². The molecule has 0 spiro atoms. The lowest BCUT2D eigenvalue weighted by Crippen LogP contribution is -2.38. The largest absolute Gasteiger partial charge is 0.351 e. The fraction of sp³-hybridized carbons (Fsp3) is 0.409. The zero-order valence-corrected chi connectivity index (χ0v) is 16.7. The molecule has 0 aliphatic carbocycles. The Hall–Kier alpha value is -2.93. The summed E-state index contributed by atoms with van der Waals surface area (Å²) in [5, 5.41) is 6.26. The number of nitrogens with one attached hydrogen (secondary N) is 2. The van der Waals surface area contributed by atoms with Crippen molar-refractivity contribution in [2.75, 3.05) is 19.6 Å². The molecule has 3 aromatic heterocycles. The van der Waals surface area contributed by atoms with E-state index in [1.54, 1.807) is 10.8 Å². The van der Waals surface area contributed by atoms with Crippen molar-refractivity contribution >= 4 is 11.6 Å². The molecule has 1 amide bonds. The van der Waals surface area contributed by atoms with Gasteiger partial charge in [0.1, 0.15) is 11.2 Å². The first kappa shape index (κ1) is 19.4. The van der Waals surface area contributed by atoms with Gasteiger partial charge >= 0.3 is 0 Å². The third-order valence-electron chi connectivity index (χ3n) is 5.54.